The number of carbonyl (C=O) groups is 1. The van der Waals surface area contributed by atoms with E-state index in [1.165, 1.54) is 19.3 Å². The van der Waals surface area contributed by atoms with Crippen LogP contribution < -0.4 is 4.90 Å². The molecule has 26 heavy (non-hydrogen) atoms. The van der Waals surface area contributed by atoms with Gasteiger partial charge in [-0.05, 0) is 44.0 Å². The molecule has 1 aromatic carbocycles. The smallest absolute Gasteiger partial charge is 0.253 e. The lowest BCUT2D eigenvalue weighted by Crippen LogP contribution is -2.48. The molecule has 0 N–H and O–H groups in total. The number of piperazine rings is 1. The normalized spacial score (nSPS) is 19.1. The molecule has 1 aromatic heterocycles. The Morgan fingerprint density at radius 2 is 1.77 bits per heavy atom. The maximum Gasteiger partial charge on any atom is 0.253 e. The van der Waals surface area contributed by atoms with E-state index in [-0.39, 0.29) is 5.91 Å². The van der Waals surface area contributed by atoms with Crippen LogP contribution in [0.1, 0.15) is 36.5 Å². The molecule has 0 unspecified atom stereocenters. The number of anilines is 1. The SMILES string of the molecule is CCN1CCN(C(=O)c2ccc3ncnc(N4CCCCC4)c3c2)CC1. The lowest BCUT2D eigenvalue weighted by atomic mass is 10.1. The van der Waals surface area contributed by atoms with Gasteiger partial charge in [-0.1, -0.05) is 6.92 Å². The Hall–Kier alpha value is -2.21. The Morgan fingerprint density at radius 3 is 2.50 bits per heavy atom. The van der Waals surface area contributed by atoms with E-state index in [9.17, 15) is 4.79 Å². The van der Waals surface area contributed by atoms with E-state index < -0.39 is 0 Å². The van der Waals surface area contributed by atoms with Crippen LogP contribution in [0.2, 0.25) is 0 Å². The van der Waals surface area contributed by atoms with Crippen LogP contribution in [0, 0.1) is 0 Å². The molecule has 0 spiro atoms. The fourth-order valence-corrected chi connectivity index (χ4v) is 3.98. The zero-order valence-corrected chi connectivity index (χ0v) is 15.5. The minimum absolute atomic E-state index is 0.121. The van der Waals surface area contributed by atoms with Crippen molar-refractivity contribution in [2.75, 3.05) is 50.7 Å². The summed E-state index contributed by atoms with van der Waals surface area (Å²) in [6.07, 6.45) is 5.32. The lowest BCUT2D eigenvalue weighted by molar-refractivity contribution is 0.0643. The predicted octanol–water partition coefficient (Wildman–Crippen LogP) is 2.40. The fourth-order valence-electron chi connectivity index (χ4n) is 3.98. The summed E-state index contributed by atoms with van der Waals surface area (Å²) in [5.74, 6) is 1.09. The molecule has 0 radical (unpaired) electrons. The molecular formula is C20H27N5O. The molecule has 3 heterocycles. The maximum absolute atomic E-state index is 13.0. The van der Waals surface area contributed by atoms with Crippen molar-refractivity contribution in [2.45, 2.75) is 26.2 Å². The second-order valence-electron chi connectivity index (χ2n) is 7.20. The van der Waals surface area contributed by atoms with E-state index in [0.717, 1.165) is 68.1 Å². The maximum atomic E-state index is 13.0. The first-order chi connectivity index (χ1) is 12.8. The van der Waals surface area contributed by atoms with Crippen LogP contribution in [-0.4, -0.2) is 71.5 Å². The molecule has 4 rings (SSSR count). The van der Waals surface area contributed by atoms with Crippen LogP contribution >= 0.6 is 0 Å². The third kappa shape index (κ3) is 3.38. The highest BCUT2D eigenvalue weighted by Crippen LogP contribution is 2.27. The molecule has 2 fully saturated rings. The van der Waals surface area contributed by atoms with Crippen LogP contribution in [0.3, 0.4) is 0 Å². The number of likely N-dealkylation sites (N-methyl/N-ethyl adjacent to an activating group) is 1. The molecule has 0 saturated carbocycles. The van der Waals surface area contributed by atoms with Gasteiger partial charge >= 0.3 is 0 Å². The van der Waals surface area contributed by atoms with E-state index in [1.807, 2.05) is 23.1 Å². The van der Waals surface area contributed by atoms with Crippen LogP contribution in [-0.2, 0) is 0 Å². The number of rotatable bonds is 3. The largest absolute Gasteiger partial charge is 0.356 e. The Balaban J connectivity index is 1.61. The number of fused-ring (bicyclic) bond motifs is 1. The Kier molecular flexibility index (Phi) is 5.02. The second kappa shape index (κ2) is 7.58. The average Bonchev–Trinajstić information content (AvgIpc) is 2.73. The zero-order valence-electron chi connectivity index (χ0n) is 15.5. The topological polar surface area (TPSA) is 52.6 Å². The quantitative estimate of drug-likeness (QED) is 0.848. The van der Waals surface area contributed by atoms with Gasteiger partial charge < -0.3 is 14.7 Å². The van der Waals surface area contributed by atoms with Gasteiger partial charge in [-0.3, -0.25) is 4.79 Å². The summed E-state index contributed by atoms with van der Waals surface area (Å²) in [7, 11) is 0. The van der Waals surface area contributed by atoms with Crippen LogP contribution in [0.15, 0.2) is 24.5 Å². The number of aromatic nitrogens is 2. The minimum Gasteiger partial charge on any atom is -0.356 e. The van der Waals surface area contributed by atoms with E-state index in [0.29, 0.717) is 0 Å². The average molecular weight is 353 g/mol. The van der Waals surface area contributed by atoms with Gasteiger partial charge in [0.2, 0.25) is 0 Å². The van der Waals surface area contributed by atoms with Crippen molar-refractivity contribution in [1.82, 2.24) is 19.8 Å². The molecule has 0 aliphatic carbocycles. The molecule has 2 aliphatic heterocycles. The molecule has 2 aliphatic rings. The number of benzene rings is 1. The standard InChI is InChI=1S/C20H27N5O/c1-2-23-10-12-25(13-11-23)20(26)16-6-7-18-17(14-16)19(22-15-21-18)24-8-4-3-5-9-24/h6-7,14-15H,2-5,8-13H2,1H3. The zero-order chi connectivity index (χ0) is 17.9. The summed E-state index contributed by atoms with van der Waals surface area (Å²) in [6, 6.07) is 5.86. The summed E-state index contributed by atoms with van der Waals surface area (Å²) in [5, 5.41) is 0.993. The third-order valence-corrected chi connectivity index (χ3v) is 5.62. The number of amides is 1. The highest BCUT2D eigenvalue weighted by molar-refractivity contribution is 6.00. The van der Waals surface area contributed by atoms with E-state index in [4.69, 9.17) is 0 Å². The fraction of sp³-hybridized carbons (Fsp3) is 0.550. The van der Waals surface area contributed by atoms with E-state index in [1.54, 1.807) is 6.33 Å². The second-order valence-corrected chi connectivity index (χ2v) is 7.20. The molecule has 0 atom stereocenters. The highest BCUT2D eigenvalue weighted by atomic mass is 16.2. The van der Waals surface area contributed by atoms with Crippen molar-refractivity contribution in [3.63, 3.8) is 0 Å². The predicted molar refractivity (Wildman–Crippen MR) is 104 cm³/mol. The molecule has 2 saturated heterocycles. The molecule has 6 nitrogen and oxygen atoms in total. The Labute approximate surface area is 154 Å². The number of carbonyl (C=O) groups excluding carboxylic acids is 1. The summed E-state index contributed by atoms with van der Waals surface area (Å²) in [6.45, 7) is 8.80. The Bertz CT molecular complexity index is 779. The first-order valence-corrected chi connectivity index (χ1v) is 9.77. The van der Waals surface area contributed by atoms with Crippen LogP contribution in [0.5, 0.6) is 0 Å². The number of hydrogen-bond donors (Lipinski definition) is 0. The first-order valence-electron chi connectivity index (χ1n) is 9.77. The van der Waals surface area contributed by atoms with Crippen molar-refractivity contribution in [3.05, 3.63) is 30.1 Å². The highest BCUT2D eigenvalue weighted by Gasteiger charge is 2.22. The molecule has 6 heteroatoms. The summed E-state index contributed by atoms with van der Waals surface area (Å²) < 4.78 is 0. The van der Waals surface area contributed by atoms with Gasteiger partial charge in [0.05, 0.1) is 5.52 Å². The van der Waals surface area contributed by atoms with Gasteiger partial charge in [0.15, 0.2) is 0 Å². The lowest BCUT2D eigenvalue weighted by Gasteiger charge is -2.34. The van der Waals surface area contributed by atoms with Crippen molar-refractivity contribution in [1.29, 1.82) is 0 Å². The number of nitrogens with zero attached hydrogens (tertiary/aromatic N) is 5. The third-order valence-electron chi connectivity index (χ3n) is 5.62. The summed E-state index contributed by atoms with van der Waals surface area (Å²) >= 11 is 0. The first kappa shape index (κ1) is 17.2. The number of hydrogen-bond acceptors (Lipinski definition) is 5. The van der Waals surface area contributed by atoms with Gasteiger partial charge in [0, 0.05) is 50.2 Å². The van der Waals surface area contributed by atoms with E-state index in [2.05, 4.69) is 26.7 Å². The van der Waals surface area contributed by atoms with Gasteiger partial charge in [-0.15, -0.1) is 0 Å². The van der Waals surface area contributed by atoms with Gasteiger partial charge in [0.25, 0.3) is 5.91 Å². The molecule has 1 amide bonds. The monoisotopic (exact) mass is 353 g/mol. The number of piperidine rings is 1. The molecule has 0 bridgehead atoms. The molecular weight excluding hydrogens is 326 g/mol. The van der Waals surface area contributed by atoms with Crippen molar-refractivity contribution in [2.24, 2.45) is 0 Å². The van der Waals surface area contributed by atoms with Gasteiger partial charge in [0.1, 0.15) is 12.1 Å². The van der Waals surface area contributed by atoms with E-state index >= 15 is 0 Å². The molecule has 2 aromatic rings. The van der Waals surface area contributed by atoms with Crippen molar-refractivity contribution >= 4 is 22.6 Å². The summed E-state index contributed by atoms with van der Waals surface area (Å²) in [4.78, 5) is 28.6. The minimum atomic E-state index is 0.121. The summed E-state index contributed by atoms with van der Waals surface area (Å²) in [5.41, 5.74) is 1.66. The van der Waals surface area contributed by atoms with Gasteiger partial charge in [-0.25, -0.2) is 9.97 Å². The Morgan fingerprint density at radius 1 is 1.00 bits per heavy atom. The van der Waals surface area contributed by atoms with Crippen molar-refractivity contribution < 1.29 is 4.79 Å². The molecule has 138 valence electrons. The van der Waals surface area contributed by atoms with Crippen LogP contribution in [0.4, 0.5) is 5.82 Å². The van der Waals surface area contributed by atoms with Crippen molar-refractivity contribution in [3.8, 4) is 0 Å². The van der Waals surface area contributed by atoms with Gasteiger partial charge in [-0.2, -0.15) is 0 Å². The van der Waals surface area contributed by atoms with Crippen LogP contribution in [0.25, 0.3) is 10.9 Å².